The molecule has 3 rings (SSSR count). The molecule has 1 N–H and O–H groups in total. The van der Waals surface area contributed by atoms with Crippen molar-refractivity contribution in [1.29, 1.82) is 0 Å². The highest BCUT2D eigenvalue weighted by Crippen LogP contribution is 2.39. The average Bonchev–Trinajstić information content (AvgIpc) is 2.45. The monoisotopic (exact) mass is 262 g/mol. The Morgan fingerprint density at radius 1 is 1.26 bits per heavy atom. The molecule has 5 nitrogen and oxygen atoms in total. The van der Waals surface area contributed by atoms with Crippen molar-refractivity contribution in [3.63, 3.8) is 0 Å². The van der Waals surface area contributed by atoms with E-state index < -0.39 is 0 Å². The topological polar surface area (TPSA) is 50.8 Å². The molecule has 0 spiro atoms. The quantitative estimate of drug-likeness (QED) is 0.866. The highest BCUT2D eigenvalue weighted by Gasteiger charge is 2.33. The van der Waals surface area contributed by atoms with Crippen molar-refractivity contribution in [1.82, 2.24) is 10.2 Å². The number of amides is 1. The summed E-state index contributed by atoms with van der Waals surface area (Å²) >= 11 is 0. The lowest BCUT2D eigenvalue weighted by Crippen LogP contribution is -2.49. The second-order valence-electron chi connectivity index (χ2n) is 4.95. The minimum atomic E-state index is 0.115. The van der Waals surface area contributed by atoms with E-state index in [1.165, 1.54) is 11.1 Å². The Balaban J connectivity index is 2.03. The second kappa shape index (κ2) is 4.74. The van der Waals surface area contributed by atoms with Crippen LogP contribution in [0.5, 0.6) is 11.5 Å². The summed E-state index contributed by atoms with van der Waals surface area (Å²) in [6.07, 6.45) is 1.49. The van der Waals surface area contributed by atoms with Gasteiger partial charge in [0.15, 0.2) is 11.5 Å². The van der Waals surface area contributed by atoms with Crippen LogP contribution >= 0.6 is 0 Å². The molecule has 0 radical (unpaired) electrons. The van der Waals surface area contributed by atoms with Crippen molar-refractivity contribution in [2.75, 3.05) is 27.4 Å². The largest absolute Gasteiger partial charge is 0.493 e. The Kier molecular flexibility index (Phi) is 3.06. The fraction of sp³-hybridized carbons (Fsp3) is 0.500. The summed E-state index contributed by atoms with van der Waals surface area (Å²) in [5, 5.41) is 2.89. The lowest BCUT2D eigenvalue weighted by Gasteiger charge is -2.40. The molecule has 1 aromatic rings. The van der Waals surface area contributed by atoms with Crippen molar-refractivity contribution in [2.45, 2.75) is 18.9 Å². The van der Waals surface area contributed by atoms with Crippen LogP contribution in [0.15, 0.2) is 12.1 Å². The van der Waals surface area contributed by atoms with Gasteiger partial charge >= 0.3 is 0 Å². The van der Waals surface area contributed by atoms with Gasteiger partial charge < -0.3 is 14.8 Å². The molecule has 0 unspecified atom stereocenters. The van der Waals surface area contributed by atoms with Crippen molar-refractivity contribution < 1.29 is 14.3 Å². The van der Waals surface area contributed by atoms with Crippen LogP contribution < -0.4 is 14.8 Å². The molecule has 2 aliphatic heterocycles. The van der Waals surface area contributed by atoms with Crippen molar-refractivity contribution >= 4 is 5.91 Å². The molecule has 5 heteroatoms. The predicted octanol–water partition coefficient (Wildman–Crippen LogP) is 1.08. The zero-order valence-corrected chi connectivity index (χ0v) is 11.2. The molecule has 1 fully saturated rings. The van der Waals surface area contributed by atoms with Crippen LogP contribution in [0, 0.1) is 0 Å². The highest BCUT2D eigenvalue weighted by molar-refractivity contribution is 5.77. The van der Waals surface area contributed by atoms with Gasteiger partial charge in [-0.1, -0.05) is 0 Å². The minimum absolute atomic E-state index is 0.115. The van der Waals surface area contributed by atoms with Gasteiger partial charge in [-0.15, -0.1) is 0 Å². The highest BCUT2D eigenvalue weighted by atomic mass is 16.5. The first-order chi connectivity index (χ1) is 9.22. The molecule has 0 saturated carbocycles. The average molecular weight is 262 g/mol. The number of methoxy groups -OCH3 is 2. The van der Waals surface area contributed by atoms with Crippen molar-refractivity contribution in [3.8, 4) is 11.5 Å². The Morgan fingerprint density at radius 2 is 2.00 bits per heavy atom. The van der Waals surface area contributed by atoms with Gasteiger partial charge in [-0.05, 0) is 29.7 Å². The zero-order valence-electron chi connectivity index (χ0n) is 11.2. The van der Waals surface area contributed by atoms with E-state index in [9.17, 15) is 4.79 Å². The van der Waals surface area contributed by atoms with Gasteiger partial charge in [-0.3, -0.25) is 9.69 Å². The molecular weight excluding hydrogens is 244 g/mol. The number of carbonyl (C=O) groups is 1. The van der Waals surface area contributed by atoms with Crippen LogP contribution in [0.1, 0.15) is 23.6 Å². The Labute approximate surface area is 112 Å². The number of ether oxygens (including phenoxy) is 2. The third-order valence-electron chi connectivity index (χ3n) is 3.97. The van der Waals surface area contributed by atoms with E-state index in [2.05, 4.69) is 10.2 Å². The van der Waals surface area contributed by atoms with Crippen LogP contribution in [0.2, 0.25) is 0 Å². The first kappa shape index (κ1) is 12.3. The molecule has 1 atom stereocenters. The van der Waals surface area contributed by atoms with Crippen molar-refractivity contribution in [2.24, 2.45) is 0 Å². The summed E-state index contributed by atoms with van der Waals surface area (Å²) in [5.74, 6) is 1.60. The summed E-state index contributed by atoms with van der Waals surface area (Å²) in [6, 6.07) is 4.22. The zero-order chi connectivity index (χ0) is 13.4. The Morgan fingerprint density at radius 3 is 2.74 bits per heavy atom. The third kappa shape index (κ3) is 2.04. The smallest absolute Gasteiger partial charge is 0.222 e. The molecule has 0 aromatic heterocycles. The van der Waals surface area contributed by atoms with Crippen LogP contribution in [0.3, 0.4) is 0 Å². The molecule has 2 aliphatic rings. The SMILES string of the molecule is COc1cc2c(cc1OC)[C@@H]1CC(=O)NCN1CC2. The van der Waals surface area contributed by atoms with Crippen LogP contribution in [0.25, 0.3) is 0 Å². The van der Waals surface area contributed by atoms with Crippen molar-refractivity contribution in [3.05, 3.63) is 23.3 Å². The van der Waals surface area contributed by atoms with Crippen LogP contribution in [-0.4, -0.2) is 38.2 Å². The van der Waals surface area contributed by atoms with E-state index in [-0.39, 0.29) is 11.9 Å². The molecule has 1 aromatic carbocycles. The van der Waals surface area contributed by atoms with Gasteiger partial charge in [0.25, 0.3) is 0 Å². The van der Waals surface area contributed by atoms with E-state index in [1.54, 1.807) is 14.2 Å². The maximum atomic E-state index is 11.6. The molecule has 102 valence electrons. The van der Waals surface area contributed by atoms with Gasteiger partial charge in [0, 0.05) is 19.0 Å². The number of nitrogens with zero attached hydrogens (tertiary/aromatic N) is 1. The Hall–Kier alpha value is -1.75. The minimum Gasteiger partial charge on any atom is -0.493 e. The normalized spacial score (nSPS) is 22.2. The van der Waals surface area contributed by atoms with Gasteiger partial charge in [-0.25, -0.2) is 0 Å². The van der Waals surface area contributed by atoms with Crippen LogP contribution in [-0.2, 0) is 11.2 Å². The predicted molar refractivity (Wildman–Crippen MR) is 70.3 cm³/mol. The molecule has 1 amide bonds. The number of fused-ring (bicyclic) bond motifs is 3. The maximum Gasteiger partial charge on any atom is 0.222 e. The van der Waals surface area contributed by atoms with E-state index in [4.69, 9.17) is 9.47 Å². The third-order valence-corrected chi connectivity index (χ3v) is 3.97. The summed E-state index contributed by atoms with van der Waals surface area (Å²) in [6.45, 7) is 1.60. The van der Waals surface area contributed by atoms with Crippen LogP contribution in [0.4, 0.5) is 0 Å². The van der Waals surface area contributed by atoms with E-state index in [0.717, 1.165) is 24.5 Å². The molecule has 0 aliphatic carbocycles. The van der Waals surface area contributed by atoms with E-state index in [1.807, 2.05) is 12.1 Å². The van der Waals surface area contributed by atoms with Gasteiger partial charge in [0.1, 0.15) is 0 Å². The molecule has 0 bridgehead atoms. The first-order valence-corrected chi connectivity index (χ1v) is 6.48. The Bertz CT molecular complexity index is 516. The van der Waals surface area contributed by atoms with Gasteiger partial charge in [0.2, 0.25) is 5.91 Å². The van der Waals surface area contributed by atoms with E-state index >= 15 is 0 Å². The lowest BCUT2D eigenvalue weighted by molar-refractivity contribution is -0.126. The summed E-state index contributed by atoms with van der Waals surface area (Å²) in [4.78, 5) is 13.9. The number of hydrogen-bond acceptors (Lipinski definition) is 4. The van der Waals surface area contributed by atoms with E-state index in [0.29, 0.717) is 13.1 Å². The summed E-state index contributed by atoms with van der Waals surface area (Å²) in [7, 11) is 3.28. The fourth-order valence-electron chi connectivity index (χ4n) is 2.95. The number of rotatable bonds is 2. The number of hydrogen-bond donors (Lipinski definition) is 1. The second-order valence-corrected chi connectivity index (χ2v) is 4.95. The fourth-order valence-corrected chi connectivity index (χ4v) is 2.95. The molecule has 2 heterocycles. The lowest BCUT2D eigenvalue weighted by atomic mass is 9.89. The molecular formula is C14H18N2O3. The summed E-state index contributed by atoms with van der Waals surface area (Å²) < 4.78 is 10.7. The number of nitrogens with one attached hydrogen (secondary N) is 1. The molecule has 19 heavy (non-hydrogen) atoms. The summed E-state index contributed by atoms with van der Waals surface area (Å²) in [5.41, 5.74) is 2.45. The maximum absolute atomic E-state index is 11.6. The number of benzene rings is 1. The standard InChI is InChI=1S/C14H18N2O3/c1-18-12-5-9-3-4-16-8-15-14(17)7-11(16)10(9)6-13(12)19-2/h5-6,11H,3-4,7-8H2,1-2H3,(H,15,17)/t11-/m0/s1. The van der Waals surface area contributed by atoms with Gasteiger partial charge in [-0.2, -0.15) is 0 Å². The molecule has 1 saturated heterocycles. The van der Waals surface area contributed by atoms with Gasteiger partial charge in [0.05, 0.1) is 20.9 Å². The number of carbonyl (C=O) groups excluding carboxylic acids is 1. The first-order valence-electron chi connectivity index (χ1n) is 6.48.